The third-order valence-electron chi connectivity index (χ3n) is 3.84. The minimum absolute atomic E-state index is 0.0914. The van der Waals surface area contributed by atoms with E-state index in [1.807, 2.05) is 31.2 Å². The lowest BCUT2D eigenvalue weighted by atomic mass is 9.66. The molecule has 1 aliphatic rings. The highest BCUT2D eigenvalue weighted by atomic mass is 16.4. The molecule has 102 valence electrons. The first-order valence-corrected chi connectivity index (χ1v) is 6.57. The smallest absolute Gasteiger partial charge is 0.310 e. The van der Waals surface area contributed by atoms with Gasteiger partial charge in [-0.2, -0.15) is 0 Å². The third-order valence-corrected chi connectivity index (χ3v) is 3.84. The summed E-state index contributed by atoms with van der Waals surface area (Å²) < 4.78 is 0. The van der Waals surface area contributed by atoms with Crippen LogP contribution in [0.1, 0.15) is 36.8 Å². The number of nitrogens with one attached hydrogen (secondary N) is 1. The molecule has 1 amide bonds. The van der Waals surface area contributed by atoms with E-state index in [4.69, 9.17) is 0 Å². The number of hydrogen-bond acceptors (Lipinski definition) is 2. The number of carboxylic acids is 1. The number of carbonyl (C=O) groups is 2. The zero-order valence-electron chi connectivity index (χ0n) is 11.1. The maximum Gasteiger partial charge on any atom is 0.310 e. The topological polar surface area (TPSA) is 66.4 Å². The molecule has 1 fully saturated rings. The quantitative estimate of drug-likeness (QED) is 0.854. The molecule has 4 heteroatoms. The molecule has 0 unspecified atom stereocenters. The minimum atomic E-state index is -0.843. The van der Waals surface area contributed by atoms with E-state index >= 15 is 0 Å². The molecule has 1 aromatic rings. The zero-order chi connectivity index (χ0) is 13.9. The zero-order valence-corrected chi connectivity index (χ0v) is 11.1. The fourth-order valence-electron chi connectivity index (χ4n) is 2.46. The number of rotatable bonds is 5. The second-order valence-corrected chi connectivity index (χ2v) is 5.38. The van der Waals surface area contributed by atoms with Gasteiger partial charge in [0.2, 0.25) is 5.91 Å². The molecule has 0 radical (unpaired) electrons. The van der Waals surface area contributed by atoms with Crippen LogP contribution >= 0.6 is 0 Å². The number of benzene rings is 1. The molecule has 0 heterocycles. The summed E-state index contributed by atoms with van der Waals surface area (Å²) in [5, 5.41) is 12.0. The highest BCUT2D eigenvalue weighted by Crippen LogP contribution is 2.44. The molecule has 2 rings (SSSR count). The first-order chi connectivity index (χ1) is 9.02. The van der Waals surface area contributed by atoms with Crippen molar-refractivity contribution in [2.75, 3.05) is 0 Å². The molecule has 0 saturated heterocycles. The van der Waals surface area contributed by atoms with Crippen LogP contribution in [0.5, 0.6) is 0 Å². The highest BCUT2D eigenvalue weighted by molar-refractivity contribution is 5.85. The van der Waals surface area contributed by atoms with Gasteiger partial charge in [0.15, 0.2) is 0 Å². The average Bonchev–Trinajstić information content (AvgIpc) is 2.31. The first-order valence-electron chi connectivity index (χ1n) is 6.57. The van der Waals surface area contributed by atoms with Crippen molar-refractivity contribution in [1.82, 2.24) is 5.32 Å². The SMILES string of the molecule is Cc1cccc(CNC(=O)CC2(C(=O)O)CCC2)c1. The molecule has 1 aromatic carbocycles. The summed E-state index contributed by atoms with van der Waals surface area (Å²) in [6, 6.07) is 7.90. The Kier molecular flexibility index (Phi) is 3.88. The van der Waals surface area contributed by atoms with Gasteiger partial charge in [-0.3, -0.25) is 9.59 Å². The molecule has 19 heavy (non-hydrogen) atoms. The minimum Gasteiger partial charge on any atom is -0.481 e. The van der Waals surface area contributed by atoms with Crippen LogP contribution in [0.25, 0.3) is 0 Å². The van der Waals surface area contributed by atoms with Gasteiger partial charge in [0.1, 0.15) is 0 Å². The highest BCUT2D eigenvalue weighted by Gasteiger charge is 2.45. The maximum atomic E-state index is 11.8. The van der Waals surface area contributed by atoms with Crippen LogP contribution in [-0.2, 0) is 16.1 Å². The molecule has 0 aliphatic heterocycles. The normalized spacial score (nSPS) is 16.5. The summed E-state index contributed by atoms with van der Waals surface area (Å²) in [4.78, 5) is 23.0. The summed E-state index contributed by atoms with van der Waals surface area (Å²) in [5.74, 6) is -1.02. The lowest BCUT2D eigenvalue weighted by Crippen LogP contribution is -2.42. The summed E-state index contributed by atoms with van der Waals surface area (Å²) in [6.07, 6.45) is 2.21. The standard InChI is InChI=1S/C15H19NO3/c1-11-4-2-5-12(8-11)10-16-13(17)9-15(14(18)19)6-3-7-15/h2,4-5,8H,3,6-7,9-10H2,1H3,(H,16,17)(H,18,19). The van der Waals surface area contributed by atoms with Gasteiger partial charge in [-0.25, -0.2) is 0 Å². The van der Waals surface area contributed by atoms with Gasteiger partial charge in [0.05, 0.1) is 5.41 Å². The second kappa shape index (κ2) is 5.43. The molecule has 2 N–H and O–H groups in total. The van der Waals surface area contributed by atoms with E-state index < -0.39 is 11.4 Å². The average molecular weight is 261 g/mol. The van der Waals surface area contributed by atoms with Gasteiger partial charge >= 0.3 is 5.97 Å². The Morgan fingerprint density at radius 2 is 2.11 bits per heavy atom. The molecule has 0 atom stereocenters. The van der Waals surface area contributed by atoms with Crippen LogP contribution in [0.3, 0.4) is 0 Å². The van der Waals surface area contributed by atoms with Crippen molar-refractivity contribution in [2.24, 2.45) is 5.41 Å². The number of carboxylic acid groups (broad SMARTS) is 1. The summed E-state index contributed by atoms with van der Waals surface area (Å²) in [6.45, 7) is 2.45. The van der Waals surface area contributed by atoms with Crippen molar-refractivity contribution in [3.8, 4) is 0 Å². The van der Waals surface area contributed by atoms with E-state index in [0.717, 1.165) is 17.5 Å². The van der Waals surface area contributed by atoms with Crippen LogP contribution in [0.15, 0.2) is 24.3 Å². The Bertz CT molecular complexity index is 492. The van der Waals surface area contributed by atoms with Gasteiger partial charge in [-0.05, 0) is 25.3 Å². The van der Waals surface area contributed by atoms with Crippen molar-refractivity contribution < 1.29 is 14.7 Å². The summed E-state index contributed by atoms with van der Waals surface area (Å²) in [5.41, 5.74) is 1.37. The fraction of sp³-hybridized carbons (Fsp3) is 0.467. The van der Waals surface area contributed by atoms with E-state index in [1.165, 1.54) is 0 Å². The van der Waals surface area contributed by atoms with Crippen molar-refractivity contribution in [3.63, 3.8) is 0 Å². The number of hydrogen-bond donors (Lipinski definition) is 2. The van der Waals surface area contributed by atoms with Crippen molar-refractivity contribution in [1.29, 1.82) is 0 Å². The molecule has 4 nitrogen and oxygen atoms in total. The van der Waals surface area contributed by atoms with Crippen LogP contribution in [0.4, 0.5) is 0 Å². The van der Waals surface area contributed by atoms with E-state index in [2.05, 4.69) is 5.32 Å². The van der Waals surface area contributed by atoms with Crippen molar-refractivity contribution in [3.05, 3.63) is 35.4 Å². The third kappa shape index (κ3) is 3.13. The van der Waals surface area contributed by atoms with E-state index in [1.54, 1.807) is 0 Å². The summed E-state index contributed by atoms with van der Waals surface area (Å²) in [7, 11) is 0. The molecule has 0 aromatic heterocycles. The molecule has 0 spiro atoms. The number of carbonyl (C=O) groups excluding carboxylic acids is 1. The van der Waals surface area contributed by atoms with Gasteiger partial charge in [0, 0.05) is 13.0 Å². The Morgan fingerprint density at radius 3 is 2.63 bits per heavy atom. The number of amides is 1. The fourth-order valence-corrected chi connectivity index (χ4v) is 2.46. The lowest BCUT2D eigenvalue weighted by Gasteiger charge is -2.36. The van der Waals surface area contributed by atoms with Crippen LogP contribution in [0, 0.1) is 12.3 Å². The van der Waals surface area contributed by atoms with Crippen LogP contribution in [-0.4, -0.2) is 17.0 Å². The van der Waals surface area contributed by atoms with Crippen LogP contribution in [0.2, 0.25) is 0 Å². The molecular formula is C15H19NO3. The Balaban J connectivity index is 1.86. The molecule has 1 aliphatic carbocycles. The largest absolute Gasteiger partial charge is 0.481 e. The lowest BCUT2D eigenvalue weighted by molar-refractivity contribution is -0.157. The van der Waals surface area contributed by atoms with Crippen molar-refractivity contribution >= 4 is 11.9 Å². The number of aryl methyl sites for hydroxylation is 1. The van der Waals surface area contributed by atoms with E-state index in [9.17, 15) is 14.7 Å². The second-order valence-electron chi connectivity index (χ2n) is 5.38. The molecule has 0 bridgehead atoms. The van der Waals surface area contributed by atoms with Gasteiger partial charge < -0.3 is 10.4 Å². The molecular weight excluding hydrogens is 242 g/mol. The van der Waals surface area contributed by atoms with Gasteiger partial charge in [-0.1, -0.05) is 36.2 Å². The molecule has 1 saturated carbocycles. The van der Waals surface area contributed by atoms with E-state index in [0.29, 0.717) is 19.4 Å². The van der Waals surface area contributed by atoms with E-state index in [-0.39, 0.29) is 12.3 Å². The van der Waals surface area contributed by atoms with Gasteiger partial charge in [-0.15, -0.1) is 0 Å². The first kappa shape index (κ1) is 13.6. The van der Waals surface area contributed by atoms with Gasteiger partial charge in [0.25, 0.3) is 0 Å². The monoisotopic (exact) mass is 261 g/mol. The Morgan fingerprint density at radius 1 is 1.37 bits per heavy atom. The predicted octanol–water partition coefficient (Wildman–Crippen LogP) is 2.26. The van der Waals surface area contributed by atoms with Crippen molar-refractivity contribution in [2.45, 2.75) is 39.2 Å². The number of aliphatic carboxylic acids is 1. The Labute approximate surface area is 112 Å². The van der Waals surface area contributed by atoms with Crippen LogP contribution < -0.4 is 5.32 Å². The predicted molar refractivity (Wildman–Crippen MR) is 71.6 cm³/mol. The summed E-state index contributed by atoms with van der Waals surface area (Å²) >= 11 is 0. The Hall–Kier alpha value is -1.84. The maximum absolute atomic E-state index is 11.8.